The van der Waals surface area contributed by atoms with Gasteiger partial charge in [-0.05, 0) is 29.9 Å². The molecular formula is C18H20N6S. The lowest BCUT2D eigenvalue weighted by atomic mass is 10.0. The fourth-order valence-corrected chi connectivity index (χ4v) is 4.91. The molecule has 2 aromatic heterocycles. The van der Waals surface area contributed by atoms with Crippen LogP contribution < -0.4 is 10.2 Å². The molecule has 0 aliphatic carbocycles. The number of nitrogens with zero attached hydrogens (tertiary/aromatic N) is 4. The van der Waals surface area contributed by atoms with Gasteiger partial charge in [0, 0.05) is 43.5 Å². The second-order valence-electron chi connectivity index (χ2n) is 6.99. The van der Waals surface area contributed by atoms with Crippen molar-refractivity contribution in [1.29, 1.82) is 0 Å². The third-order valence-electron chi connectivity index (χ3n) is 5.36. The molecule has 2 saturated heterocycles. The van der Waals surface area contributed by atoms with Crippen LogP contribution in [0.4, 0.5) is 5.13 Å². The molecule has 7 heteroatoms. The summed E-state index contributed by atoms with van der Waals surface area (Å²) in [5, 5.41) is 21.4. The highest BCUT2D eigenvalue weighted by molar-refractivity contribution is 7.18. The summed E-state index contributed by atoms with van der Waals surface area (Å²) < 4.78 is 0. The van der Waals surface area contributed by atoms with Crippen molar-refractivity contribution in [2.75, 3.05) is 31.1 Å². The highest BCUT2D eigenvalue weighted by Crippen LogP contribution is 2.36. The van der Waals surface area contributed by atoms with Gasteiger partial charge in [0.15, 0.2) is 0 Å². The van der Waals surface area contributed by atoms with E-state index in [0.717, 1.165) is 59.3 Å². The molecule has 1 aromatic carbocycles. The number of rotatable bonds is 3. The number of hydrogen-bond donors (Lipinski definition) is 2. The monoisotopic (exact) mass is 352 g/mol. The van der Waals surface area contributed by atoms with Crippen molar-refractivity contribution >= 4 is 16.5 Å². The summed E-state index contributed by atoms with van der Waals surface area (Å²) in [6, 6.07) is 6.46. The highest BCUT2D eigenvalue weighted by atomic mass is 32.1. The third-order valence-corrected chi connectivity index (χ3v) is 6.38. The van der Waals surface area contributed by atoms with Crippen molar-refractivity contribution in [1.82, 2.24) is 25.7 Å². The molecular weight excluding hydrogens is 332 g/mol. The molecule has 0 amide bonds. The first kappa shape index (κ1) is 15.0. The minimum absolute atomic E-state index is 0.767. The molecule has 0 bridgehead atoms. The van der Waals surface area contributed by atoms with Gasteiger partial charge in [-0.15, -0.1) is 10.2 Å². The minimum atomic E-state index is 0.767. The first-order valence-corrected chi connectivity index (χ1v) is 9.49. The normalized spacial score (nSPS) is 22.5. The summed E-state index contributed by atoms with van der Waals surface area (Å²) in [6.45, 7) is 6.62. The molecule has 128 valence electrons. The Morgan fingerprint density at radius 2 is 1.96 bits per heavy atom. The number of nitrogens with one attached hydrogen (secondary N) is 2. The average Bonchev–Trinajstić information content (AvgIpc) is 3.36. The van der Waals surface area contributed by atoms with E-state index in [2.05, 4.69) is 55.7 Å². The SMILES string of the molecule is Cc1cc(-c2cn[nH]c2)ccc1-c1nnc(N2CC3CNCC3C2)s1. The predicted molar refractivity (Wildman–Crippen MR) is 99.7 cm³/mol. The van der Waals surface area contributed by atoms with Crippen LogP contribution in [0.1, 0.15) is 5.56 Å². The quantitative estimate of drug-likeness (QED) is 0.758. The van der Waals surface area contributed by atoms with Gasteiger partial charge in [-0.3, -0.25) is 5.10 Å². The molecule has 2 fully saturated rings. The van der Waals surface area contributed by atoms with Crippen LogP contribution in [0.5, 0.6) is 0 Å². The Morgan fingerprint density at radius 1 is 1.12 bits per heavy atom. The third kappa shape index (κ3) is 2.63. The fourth-order valence-electron chi connectivity index (χ4n) is 3.96. The smallest absolute Gasteiger partial charge is 0.208 e. The van der Waals surface area contributed by atoms with Crippen molar-refractivity contribution < 1.29 is 0 Å². The zero-order chi connectivity index (χ0) is 16.8. The van der Waals surface area contributed by atoms with E-state index in [1.165, 1.54) is 11.1 Å². The van der Waals surface area contributed by atoms with Crippen LogP contribution >= 0.6 is 11.3 Å². The lowest BCUT2D eigenvalue weighted by molar-refractivity contribution is 0.533. The maximum absolute atomic E-state index is 4.47. The lowest BCUT2D eigenvalue weighted by Crippen LogP contribution is -2.25. The number of aryl methyl sites for hydroxylation is 1. The summed E-state index contributed by atoms with van der Waals surface area (Å²) in [6.07, 6.45) is 3.76. The number of aromatic nitrogens is 4. The van der Waals surface area contributed by atoms with Crippen LogP contribution in [0, 0.1) is 18.8 Å². The Labute approximate surface area is 150 Å². The van der Waals surface area contributed by atoms with Gasteiger partial charge < -0.3 is 10.2 Å². The number of anilines is 1. The molecule has 2 atom stereocenters. The van der Waals surface area contributed by atoms with Crippen LogP contribution in [-0.2, 0) is 0 Å². The van der Waals surface area contributed by atoms with Gasteiger partial charge in [0.1, 0.15) is 5.01 Å². The van der Waals surface area contributed by atoms with Crippen molar-refractivity contribution in [3.8, 4) is 21.7 Å². The Hall–Kier alpha value is -2.25. The van der Waals surface area contributed by atoms with E-state index >= 15 is 0 Å². The van der Waals surface area contributed by atoms with Gasteiger partial charge in [-0.2, -0.15) is 5.10 Å². The molecule has 2 N–H and O–H groups in total. The second kappa shape index (κ2) is 5.93. The van der Waals surface area contributed by atoms with Gasteiger partial charge in [-0.25, -0.2) is 0 Å². The van der Waals surface area contributed by atoms with Crippen molar-refractivity contribution in [2.24, 2.45) is 11.8 Å². The van der Waals surface area contributed by atoms with Gasteiger partial charge in [-0.1, -0.05) is 29.5 Å². The van der Waals surface area contributed by atoms with Crippen LogP contribution in [0.15, 0.2) is 30.6 Å². The van der Waals surface area contributed by atoms with Gasteiger partial charge >= 0.3 is 0 Å². The van der Waals surface area contributed by atoms with Gasteiger partial charge in [0.2, 0.25) is 5.13 Å². The number of hydrogen-bond acceptors (Lipinski definition) is 6. The summed E-state index contributed by atoms with van der Waals surface area (Å²) in [5.41, 5.74) is 4.64. The molecule has 2 aliphatic rings. The van der Waals surface area contributed by atoms with E-state index < -0.39 is 0 Å². The molecule has 0 saturated carbocycles. The molecule has 5 rings (SSSR count). The topological polar surface area (TPSA) is 69.7 Å². The summed E-state index contributed by atoms with van der Waals surface area (Å²) in [7, 11) is 0. The number of aromatic amines is 1. The zero-order valence-corrected chi connectivity index (χ0v) is 14.9. The van der Waals surface area contributed by atoms with Crippen LogP contribution in [0.25, 0.3) is 21.7 Å². The maximum atomic E-state index is 4.47. The Morgan fingerprint density at radius 3 is 2.68 bits per heavy atom. The van der Waals surface area contributed by atoms with Crippen molar-refractivity contribution in [3.63, 3.8) is 0 Å². The first-order valence-electron chi connectivity index (χ1n) is 8.67. The lowest BCUT2D eigenvalue weighted by Gasteiger charge is -2.14. The van der Waals surface area contributed by atoms with Crippen LogP contribution in [-0.4, -0.2) is 46.6 Å². The molecule has 25 heavy (non-hydrogen) atoms. The van der Waals surface area contributed by atoms with E-state index in [1.807, 2.05) is 12.4 Å². The largest absolute Gasteiger partial charge is 0.346 e. The van der Waals surface area contributed by atoms with E-state index in [-0.39, 0.29) is 0 Å². The van der Waals surface area contributed by atoms with E-state index in [4.69, 9.17) is 0 Å². The predicted octanol–water partition coefficient (Wildman–Crippen LogP) is 2.56. The standard InChI is InChI=1S/C18H20N6S/c1-11-4-12(13-7-20-21-8-13)2-3-16(11)17-22-23-18(25-17)24-9-14-5-19-6-15(14)10-24/h2-4,7-8,14-15,19H,5-6,9-10H2,1H3,(H,20,21). The van der Waals surface area contributed by atoms with Crippen LogP contribution in [0.2, 0.25) is 0 Å². The van der Waals surface area contributed by atoms with Crippen LogP contribution in [0.3, 0.4) is 0 Å². The average molecular weight is 352 g/mol. The molecule has 0 radical (unpaired) electrons. The molecule has 2 unspecified atom stereocenters. The van der Waals surface area contributed by atoms with Crippen molar-refractivity contribution in [3.05, 3.63) is 36.2 Å². The van der Waals surface area contributed by atoms with Gasteiger partial charge in [0.05, 0.1) is 6.20 Å². The molecule has 6 nitrogen and oxygen atoms in total. The number of H-pyrrole nitrogens is 1. The van der Waals surface area contributed by atoms with Crippen molar-refractivity contribution in [2.45, 2.75) is 6.92 Å². The Bertz CT molecular complexity index is 875. The Kier molecular flexibility index (Phi) is 3.57. The molecule has 0 spiro atoms. The van der Waals surface area contributed by atoms with E-state index in [0.29, 0.717) is 0 Å². The summed E-state index contributed by atoms with van der Waals surface area (Å²) in [4.78, 5) is 2.41. The van der Waals surface area contributed by atoms with Gasteiger partial charge in [0.25, 0.3) is 0 Å². The Balaban J connectivity index is 1.40. The molecule has 2 aliphatic heterocycles. The van der Waals surface area contributed by atoms with E-state index in [1.54, 1.807) is 11.3 Å². The zero-order valence-electron chi connectivity index (χ0n) is 14.1. The maximum Gasteiger partial charge on any atom is 0.208 e. The number of fused-ring (bicyclic) bond motifs is 1. The number of benzene rings is 1. The fraction of sp³-hybridized carbons (Fsp3) is 0.389. The minimum Gasteiger partial charge on any atom is -0.346 e. The summed E-state index contributed by atoms with van der Waals surface area (Å²) in [5.74, 6) is 1.53. The second-order valence-corrected chi connectivity index (χ2v) is 7.95. The highest BCUT2D eigenvalue weighted by Gasteiger charge is 2.37. The molecule has 4 heterocycles. The summed E-state index contributed by atoms with van der Waals surface area (Å²) >= 11 is 1.70. The van der Waals surface area contributed by atoms with E-state index in [9.17, 15) is 0 Å². The first-order chi connectivity index (χ1) is 12.3. The molecule has 3 aromatic rings.